The Balaban J connectivity index is 0.00000133. The van der Waals surface area contributed by atoms with Crippen LogP contribution in [0.15, 0.2) is 18.2 Å². The lowest BCUT2D eigenvalue weighted by Crippen LogP contribution is -2.40. The number of rotatable bonds is 3. The normalized spacial score (nSPS) is 18.4. The number of benzene rings is 1. The molecular weight excluding hydrogens is 264 g/mol. The van der Waals surface area contributed by atoms with Gasteiger partial charge in [0.1, 0.15) is 0 Å². The minimum Gasteiger partial charge on any atom is -0.454 e. The van der Waals surface area contributed by atoms with Gasteiger partial charge in [0.15, 0.2) is 11.5 Å². The minimum atomic E-state index is 0. The molecular formula is C14H21ClN2O2. The number of fused-ring (bicyclic) bond motifs is 1. The summed E-state index contributed by atoms with van der Waals surface area (Å²) in [7, 11) is 2.21. The highest BCUT2D eigenvalue weighted by Crippen LogP contribution is 2.32. The molecule has 19 heavy (non-hydrogen) atoms. The standard InChI is InChI=1S/C14H20N2O2.ClH/c1-16(12-4-6-15-7-5-12)9-11-2-3-13-14(8-11)18-10-17-13;/h2-3,8,12,15H,4-7,9-10H2,1H3;1H. The van der Waals surface area contributed by atoms with Crippen molar-refractivity contribution in [2.45, 2.75) is 25.4 Å². The summed E-state index contributed by atoms with van der Waals surface area (Å²) >= 11 is 0. The molecule has 5 heteroatoms. The van der Waals surface area contributed by atoms with Crippen LogP contribution in [0.1, 0.15) is 18.4 Å². The zero-order chi connectivity index (χ0) is 12.4. The Morgan fingerprint density at radius 3 is 2.74 bits per heavy atom. The van der Waals surface area contributed by atoms with Crippen LogP contribution in [-0.2, 0) is 6.54 Å². The number of nitrogens with one attached hydrogen (secondary N) is 1. The Morgan fingerprint density at radius 1 is 1.21 bits per heavy atom. The van der Waals surface area contributed by atoms with Gasteiger partial charge < -0.3 is 14.8 Å². The molecule has 0 amide bonds. The molecule has 2 heterocycles. The monoisotopic (exact) mass is 284 g/mol. The maximum atomic E-state index is 5.42. The van der Waals surface area contributed by atoms with Gasteiger partial charge in [-0.15, -0.1) is 12.4 Å². The molecule has 0 atom stereocenters. The molecule has 0 spiro atoms. The van der Waals surface area contributed by atoms with Crippen molar-refractivity contribution >= 4 is 12.4 Å². The predicted octanol–water partition coefficient (Wildman–Crippen LogP) is 2.02. The van der Waals surface area contributed by atoms with E-state index in [1.807, 2.05) is 6.07 Å². The van der Waals surface area contributed by atoms with Crippen molar-refractivity contribution in [3.05, 3.63) is 23.8 Å². The topological polar surface area (TPSA) is 33.7 Å². The summed E-state index contributed by atoms with van der Waals surface area (Å²) in [6.45, 7) is 3.59. The van der Waals surface area contributed by atoms with Gasteiger partial charge in [0.25, 0.3) is 0 Å². The average Bonchev–Trinajstić information content (AvgIpc) is 2.87. The van der Waals surface area contributed by atoms with Gasteiger partial charge in [-0.1, -0.05) is 6.07 Å². The van der Waals surface area contributed by atoms with Gasteiger partial charge in [0.2, 0.25) is 6.79 Å². The van der Waals surface area contributed by atoms with Crippen LogP contribution in [0.5, 0.6) is 11.5 Å². The first-order valence-electron chi connectivity index (χ1n) is 6.62. The molecule has 1 N–H and O–H groups in total. The van der Waals surface area contributed by atoms with Gasteiger partial charge in [0, 0.05) is 12.6 Å². The molecule has 0 radical (unpaired) electrons. The van der Waals surface area contributed by atoms with E-state index in [9.17, 15) is 0 Å². The van der Waals surface area contributed by atoms with Crippen molar-refractivity contribution in [1.29, 1.82) is 0 Å². The van der Waals surface area contributed by atoms with Gasteiger partial charge in [-0.25, -0.2) is 0 Å². The number of hydrogen-bond acceptors (Lipinski definition) is 4. The number of piperidine rings is 1. The highest BCUT2D eigenvalue weighted by Gasteiger charge is 2.19. The molecule has 1 aromatic carbocycles. The van der Waals surface area contributed by atoms with Gasteiger partial charge in [-0.2, -0.15) is 0 Å². The summed E-state index contributed by atoms with van der Waals surface area (Å²) in [6, 6.07) is 6.93. The Bertz CT molecular complexity index is 422. The van der Waals surface area contributed by atoms with E-state index >= 15 is 0 Å². The van der Waals surface area contributed by atoms with Crippen molar-refractivity contribution in [2.24, 2.45) is 0 Å². The fraction of sp³-hybridized carbons (Fsp3) is 0.571. The van der Waals surface area contributed by atoms with E-state index in [1.165, 1.54) is 18.4 Å². The second-order valence-corrected chi connectivity index (χ2v) is 5.08. The molecule has 2 aliphatic rings. The van der Waals surface area contributed by atoms with Crippen LogP contribution in [0.2, 0.25) is 0 Å². The lowest BCUT2D eigenvalue weighted by Gasteiger charge is -2.31. The zero-order valence-electron chi connectivity index (χ0n) is 11.2. The van der Waals surface area contributed by atoms with Crippen LogP contribution in [0.4, 0.5) is 0 Å². The third-order valence-electron chi connectivity index (χ3n) is 3.80. The predicted molar refractivity (Wildman–Crippen MR) is 77.2 cm³/mol. The minimum absolute atomic E-state index is 0. The first-order chi connectivity index (χ1) is 8.83. The molecule has 0 unspecified atom stereocenters. The zero-order valence-corrected chi connectivity index (χ0v) is 12.0. The summed E-state index contributed by atoms with van der Waals surface area (Å²) < 4.78 is 10.7. The largest absolute Gasteiger partial charge is 0.454 e. The average molecular weight is 285 g/mol. The van der Waals surface area contributed by atoms with E-state index < -0.39 is 0 Å². The van der Waals surface area contributed by atoms with Crippen LogP contribution in [0.3, 0.4) is 0 Å². The molecule has 4 nitrogen and oxygen atoms in total. The first kappa shape index (κ1) is 14.4. The van der Waals surface area contributed by atoms with E-state index in [4.69, 9.17) is 9.47 Å². The van der Waals surface area contributed by atoms with E-state index in [-0.39, 0.29) is 12.4 Å². The molecule has 2 aliphatic heterocycles. The van der Waals surface area contributed by atoms with E-state index in [2.05, 4.69) is 29.4 Å². The van der Waals surface area contributed by atoms with E-state index in [0.29, 0.717) is 12.8 Å². The van der Waals surface area contributed by atoms with Crippen LogP contribution < -0.4 is 14.8 Å². The van der Waals surface area contributed by atoms with Crippen molar-refractivity contribution in [1.82, 2.24) is 10.2 Å². The molecule has 0 aromatic heterocycles. The van der Waals surface area contributed by atoms with Crippen molar-refractivity contribution in [3.8, 4) is 11.5 Å². The highest BCUT2D eigenvalue weighted by atomic mass is 35.5. The summed E-state index contributed by atoms with van der Waals surface area (Å²) in [4.78, 5) is 2.44. The Morgan fingerprint density at radius 2 is 1.95 bits per heavy atom. The molecule has 1 aromatic rings. The van der Waals surface area contributed by atoms with Gasteiger partial charge >= 0.3 is 0 Å². The second-order valence-electron chi connectivity index (χ2n) is 5.08. The number of ether oxygens (including phenoxy) is 2. The maximum Gasteiger partial charge on any atom is 0.231 e. The maximum absolute atomic E-state index is 5.42. The summed E-state index contributed by atoms with van der Waals surface area (Å²) in [5, 5.41) is 3.40. The van der Waals surface area contributed by atoms with Gasteiger partial charge in [-0.3, -0.25) is 4.90 Å². The Kier molecular flexibility index (Phi) is 4.91. The SMILES string of the molecule is CN(Cc1ccc2c(c1)OCO2)C1CCNCC1.Cl. The van der Waals surface area contributed by atoms with Gasteiger partial charge in [0.05, 0.1) is 0 Å². The molecule has 1 saturated heterocycles. The van der Waals surface area contributed by atoms with Crippen LogP contribution in [-0.4, -0.2) is 37.9 Å². The molecule has 0 bridgehead atoms. The van der Waals surface area contributed by atoms with Gasteiger partial charge in [-0.05, 0) is 50.7 Å². The number of nitrogens with zero attached hydrogens (tertiary/aromatic N) is 1. The third-order valence-corrected chi connectivity index (χ3v) is 3.80. The molecule has 0 aliphatic carbocycles. The van der Waals surface area contributed by atoms with E-state index in [0.717, 1.165) is 31.1 Å². The Hall–Kier alpha value is -0.970. The highest BCUT2D eigenvalue weighted by molar-refractivity contribution is 5.85. The summed E-state index contributed by atoms with van der Waals surface area (Å²) in [5.74, 6) is 1.74. The molecule has 1 fully saturated rings. The molecule has 0 saturated carbocycles. The lowest BCUT2D eigenvalue weighted by molar-refractivity contribution is 0.173. The van der Waals surface area contributed by atoms with Crippen LogP contribution in [0, 0.1) is 0 Å². The van der Waals surface area contributed by atoms with Crippen molar-refractivity contribution in [3.63, 3.8) is 0 Å². The lowest BCUT2D eigenvalue weighted by atomic mass is 10.0. The van der Waals surface area contributed by atoms with Crippen molar-refractivity contribution < 1.29 is 9.47 Å². The number of halogens is 1. The first-order valence-corrected chi connectivity index (χ1v) is 6.62. The Labute approximate surface area is 120 Å². The summed E-state index contributed by atoms with van der Waals surface area (Å²) in [5.41, 5.74) is 1.29. The quantitative estimate of drug-likeness (QED) is 0.921. The van der Waals surface area contributed by atoms with Crippen LogP contribution in [0.25, 0.3) is 0 Å². The van der Waals surface area contributed by atoms with Crippen LogP contribution >= 0.6 is 12.4 Å². The smallest absolute Gasteiger partial charge is 0.231 e. The molecule has 106 valence electrons. The van der Waals surface area contributed by atoms with E-state index in [1.54, 1.807) is 0 Å². The van der Waals surface area contributed by atoms with Crippen molar-refractivity contribution in [2.75, 3.05) is 26.9 Å². The number of hydrogen-bond donors (Lipinski definition) is 1. The summed E-state index contributed by atoms with van der Waals surface area (Å²) in [6.07, 6.45) is 2.47. The third kappa shape index (κ3) is 3.32. The second kappa shape index (κ2) is 6.46. The fourth-order valence-electron chi connectivity index (χ4n) is 2.70. The molecule has 3 rings (SSSR count). The fourth-order valence-corrected chi connectivity index (χ4v) is 2.70.